The van der Waals surface area contributed by atoms with E-state index in [0.717, 1.165) is 17.7 Å². The molecule has 4 heteroatoms. The Balaban J connectivity index is 3.05. The SMILES string of the molecule is CCOc1ccccc1C(NC(C)CC)C(=O)OC. The fourth-order valence-electron chi connectivity index (χ4n) is 1.81. The molecule has 19 heavy (non-hydrogen) atoms. The van der Waals surface area contributed by atoms with Crippen molar-refractivity contribution in [1.29, 1.82) is 0 Å². The Bertz CT molecular complexity index is 406. The maximum Gasteiger partial charge on any atom is 0.327 e. The monoisotopic (exact) mass is 265 g/mol. The first-order chi connectivity index (χ1) is 9.13. The molecule has 0 aliphatic rings. The molecular weight excluding hydrogens is 242 g/mol. The van der Waals surface area contributed by atoms with E-state index in [2.05, 4.69) is 12.2 Å². The van der Waals surface area contributed by atoms with Gasteiger partial charge in [0.15, 0.2) is 0 Å². The van der Waals surface area contributed by atoms with Gasteiger partial charge in [-0.1, -0.05) is 25.1 Å². The van der Waals surface area contributed by atoms with Gasteiger partial charge in [0.2, 0.25) is 0 Å². The zero-order valence-corrected chi connectivity index (χ0v) is 12.1. The summed E-state index contributed by atoms with van der Waals surface area (Å²) in [5, 5.41) is 3.28. The third-order valence-corrected chi connectivity index (χ3v) is 3.03. The number of methoxy groups -OCH3 is 1. The van der Waals surface area contributed by atoms with Crippen LogP contribution in [0, 0.1) is 0 Å². The number of carbonyl (C=O) groups is 1. The number of ether oxygens (including phenoxy) is 2. The molecule has 0 aromatic heterocycles. The number of rotatable bonds is 7. The van der Waals surface area contributed by atoms with Crippen LogP contribution in [0.4, 0.5) is 0 Å². The highest BCUT2D eigenvalue weighted by atomic mass is 16.5. The summed E-state index contributed by atoms with van der Waals surface area (Å²) in [6, 6.07) is 7.27. The largest absolute Gasteiger partial charge is 0.494 e. The highest BCUT2D eigenvalue weighted by Crippen LogP contribution is 2.26. The minimum Gasteiger partial charge on any atom is -0.494 e. The molecule has 4 nitrogen and oxygen atoms in total. The molecule has 2 unspecified atom stereocenters. The minimum atomic E-state index is -0.498. The number of benzene rings is 1. The number of nitrogens with one attached hydrogen (secondary N) is 1. The predicted octanol–water partition coefficient (Wildman–Crippen LogP) is 2.69. The van der Waals surface area contributed by atoms with Gasteiger partial charge in [-0.25, -0.2) is 4.79 Å². The summed E-state index contributed by atoms with van der Waals surface area (Å²) in [5.41, 5.74) is 0.816. The van der Waals surface area contributed by atoms with Crippen LogP contribution in [0.1, 0.15) is 38.8 Å². The molecule has 0 aliphatic carbocycles. The van der Waals surface area contributed by atoms with Gasteiger partial charge in [-0.2, -0.15) is 0 Å². The van der Waals surface area contributed by atoms with E-state index >= 15 is 0 Å². The van der Waals surface area contributed by atoms with Gasteiger partial charge in [0.05, 0.1) is 13.7 Å². The topological polar surface area (TPSA) is 47.6 Å². The van der Waals surface area contributed by atoms with Crippen molar-refractivity contribution >= 4 is 5.97 Å². The molecule has 1 aromatic carbocycles. The quantitative estimate of drug-likeness (QED) is 0.770. The maximum atomic E-state index is 12.0. The molecule has 1 N–H and O–H groups in total. The molecule has 1 rings (SSSR count). The molecule has 0 saturated carbocycles. The zero-order chi connectivity index (χ0) is 14.3. The van der Waals surface area contributed by atoms with Crippen molar-refractivity contribution in [3.63, 3.8) is 0 Å². The average molecular weight is 265 g/mol. The van der Waals surface area contributed by atoms with Crippen molar-refractivity contribution in [3.05, 3.63) is 29.8 Å². The van der Waals surface area contributed by atoms with Gasteiger partial charge in [0.1, 0.15) is 11.8 Å². The van der Waals surface area contributed by atoms with Crippen molar-refractivity contribution in [1.82, 2.24) is 5.32 Å². The summed E-state index contributed by atoms with van der Waals surface area (Å²) in [6.45, 7) is 6.60. The number of hydrogen-bond acceptors (Lipinski definition) is 4. The number of carbonyl (C=O) groups excluding carboxylic acids is 1. The number of para-hydroxylation sites is 1. The van der Waals surface area contributed by atoms with E-state index in [9.17, 15) is 4.79 Å². The Morgan fingerprint density at radius 2 is 2.00 bits per heavy atom. The normalized spacial score (nSPS) is 13.7. The molecule has 1 aromatic rings. The second-order valence-electron chi connectivity index (χ2n) is 4.40. The van der Waals surface area contributed by atoms with Crippen molar-refractivity contribution < 1.29 is 14.3 Å². The molecule has 0 bridgehead atoms. The van der Waals surface area contributed by atoms with Crippen LogP contribution in [0.2, 0.25) is 0 Å². The summed E-state index contributed by atoms with van der Waals surface area (Å²) in [6.07, 6.45) is 0.935. The van der Waals surface area contributed by atoms with Crippen LogP contribution in [0.5, 0.6) is 5.75 Å². The van der Waals surface area contributed by atoms with Gasteiger partial charge in [0.25, 0.3) is 0 Å². The van der Waals surface area contributed by atoms with Crippen molar-refractivity contribution in [2.45, 2.75) is 39.3 Å². The predicted molar refractivity (Wildman–Crippen MR) is 75.3 cm³/mol. The molecule has 0 saturated heterocycles. The van der Waals surface area contributed by atoms with E-state index < -0.39 is 6.04 Å². The lowest BCUT2D eigenvalue weighted by molar-refractivity contribution is -0.143. The van der Waals surface area contributed by atoms with Crippen molar-refractivity contribution in [2.75, 3.05) is 13.7 Å². The van der Waals surface area contributed by atoms with E-state index in [1.54, 1.807) is 0 Å². The first-order valence-corrected chi connectivity index (χ1v) is 6.69. The minimum absolute atomic E-state index is 0.221. The number of hydrogen-bond donors (Lipinski definition) is 1. The van der Waals surface area contributed by atoms with Crippen LogP contribution < -0.4 is 10.1 Å². The summed E-state index contributed by atoms with van der Waals surface area (Å²) >= 11 is 0. The second kappa shape index (κ2) is 7.79. The Morgan fingerprint density at radius 3 is 2.58 bits per heavy atom. The van der Waals surface area contributed by atoms with Gasteiger partial charge in [-0.3, -0.25) is 5.32 Å². The van der Waals surface area contributed by atoms with Crippen molar-refractivity contribution in [3.8, 4) is 5.75 Å². The first-order valence-electron chi connectivity index (χ1n) is 6.69. The lowest BCUT2D eigenvalue weighted by atomic mass is 10.0. The lowest BCUT2D eigenvalue weighted by Gasteiger charge is -2.22. The Hall–Kier alpha value is -1.55. The summed E-state index contributed by atoms with van der Waals surface area (Å²) in [5.74, 6) is 0.420. The fraction of sp³-hybridized carbons (Fsp3) is 0.533. The summed E-state index contributed by atoms with van der Waals surface area (Å²) in [4.78, 5) is 12.0. The Labute approximate surface area is 115 Å². The lowest BCUT2D eigenvalue weighted by Crippen LogP contribution is -2.36. The van der Waals surface area contributed by atoms with Gasteiger partial charge in [-0.05, 0) is 26.3 Å². The molecular formula is C15H23NO3. The second-order valence-corrected chi connectivity index (χ2v) is 4.40. The average Bonchev–Trinajstić information content (AvgIpc) is 2.45. The fourth-order valence-corrected chi connectivity index (χ4v) is 1.81. The Morgan fingerprint density at radius 1 is 1.32 bits per heavy atom. The van der Waals surface area contributed by atoms with Crippen LogP contribution in [0.25, 0.3) is 0 Å². The first kappa shape index (κ1) is 15.5. The van der Waals surface area contributed by atoms with Crippen LogP contribution in [-0.2, 0) is 9.53 Å². The van der Waals surface area contributed by atoms with E-state index in [4.69, 9.17) is 9.47 Å². The third-order valence-electron chi connectivity index (χ3n) is 3.03. The molecule has 0 heterocycles. The van der Waals surface area contributed by atoms with Gasteiger partial charge < -0.3 is 9.47 Å². The van der Waals surface area contributed by atoms with Crippen LogP contribution in [0.3, 0.4) is 0 Å². The van der Waals surface area contributed by atoms with Gasteiger partial charge in [0, 0.05) is 11.6 Å². The van der Waals surface area contributed by atoms with Crippen LogP contribution in [0.15, 0.2) is 24.3 Å². The highest BCUT2D eigenvalue weighted by Gasteiger charge is 2.25. The molecule has 0 aliphatic heterocycles. The number of esters is 1. The van der Waals surface area contributed by atoms with E-state index in [0.29, 0.717) is 6.61 Å². The molecule has 0 fully saturated rings. The molecule has 0 spiro atoms. The maximum absolute atomic E-state index is 12.0. The van der Waals surface area contributed by atoms with E-state index in [1.807, 2.05) is 38.1 Å². The van der Waals surface area contributed by atoms with Crippen LogP contribution in [-0.4, -0.2) is 25.7 Å². The molecule has 0 amide bonds. The third kappa shape index (κ3) is 4.24. The van der Waals surface area contributed by atoms with Gasteiger partial charge in [-0.15, -0.1) is 0 Å². The highest BCUT2D eigenvalue weighted by molar-refractivity contribution is 5.78. The molecule has 106 valence electrons. The van der Waals surface area contributed by atoms with E-state index in [-0.39, 0.29) is 12.0 Å². The van der Waals surface area contributed by atoms with Crippen molar-refractivity contribution in [2.24, 2.45) is 0 Å². The molecule has 2 atom stereocenters. The smallest absolute Gasteiger partial charge is 0.327 e. The summed E-state index contributed by atoms with van der Waals surface area (Å²) in [7, 11) is 1.40. The zero-order valence-electron chi connectivity index (χ0n) is 12.1. The molecule has 0 radical (unpaired) electrons. The van der Waals surface area contributed by atoms with E-state index in [1.165, 1.54) is 7.11 Å². The van der Waals surface area contributed by atoms with Crippen LogP contribution >= 0.6 is 0 Å². The summed E-state index contributed by atoms with van der Waals surface area (Å²) < 4.78 is 10.5. The van der Waals surface area contributed by atoms with Gasteiger partial charge >= 0.3 is 5.97 Å². The Kier molecular flexibility index (Phi) is 6.36. The standard InChI is InChI=1S/C15H23NO3/c1-5-11(3)16-14(15(17)18-4)12-9-7-8-10-13(12)19-6-2/h7-11,14,16H,5-6H2,1-4H3.